The highest BCUT2D eigenvalue weighted by molar-refractivity contribution is 6.42. The molecule has 5 rings (SSSR count). The molecule has 0 aliphatic rings. The first-order valence-corrected chi connectivity index (χ1v) is 12.2. The summed E-state index contributed by atoms with van der Waals surface area (Å²) >= 11 is 12.2. The van der Waals surface area contributed by atoms with Crippen LogP contribution in [0.15, 0.2) is 73.2 Å². The number of esters is 1. The number of rotatable bonds is 8. The molecular weight excluding hydrogens is 531 g/mol. The minimum absolute atomic E-state index is 0.0402. The fourth-order valence-electron chi connectivity index (χ4n) is 3.70. The highest BCUT2D eigenvalue weighted by Gasteiger charge is 2.18. The molecule has 12 heteroatoms. The normalized spacial score (nSPS) is 10.9. The van der Waals surface area contributed by atoms with E-state index >= 15 is 0 Å². The van der Waals surface area contributed by atoms with Gasteiger partial charge < -0.3 is 14.8 Å². The van der Waals surface area contributed by atoms with E-state index in [-0.39, 0.29) is 24.6 Å². The lowest BCUT2D eigenvalue weighted by molar-refractivity contribution is 0.0528. The van der Waals surface area contributed by atoms with E-state index in [1.54, 1.807) is 72.4 Å². The summed E-state index contributed by atoms with van der Waals surface area (Å²) in [4.78, 5) is 29.4. The molecule has 1 N–H and O–H groups in total. The van der Waals surface area contributed by atoms with Crippen LogP contribution in [0.4, 0.5) is 5.69 Å². The van der Waals surface area contributed by atoms with Crippen LogP contribution in [-0.2, 0) is 11.5 Å². The standard InChI is InChI=1S/C26H20Cl2N6O4/c1-2-37-26(36)18-14-30-34-21(9-11-29-24(18)34)16-5-3-6-17(13-16)31-25(35)20-10-12-33(32-20)15-38-22-8-4-7-19(27)23(22)28/h3-14H,2,15H2,1H3,(H,31,35). The Morgan fingerprint density at radius 3 is 2.76 bits per heavy atom. The van der Waals surface area contributed by atoms with Gasteiger partial charge in [-0.2, -0.15) is 10.2 Å². The average Bonchev–Trinajstić information content (AvgIpc) is 3.57. The van der Waals surface area contributed by atoms with Crippen molar-refractivity contribution >= 4 is 46.4 Å². The molecule has 0 radical (unpaired) electrons. The van der Waals surface area contributed by atoms with Crippen molar-refractivity contribution in [1.82, 2.24) is 24.4 Å². The van der Waals surface area contributed by atoms with Gasteiger partial charge in [-0.05, 0) is 43.3 Å². The predicted molar refractivity (Wildman–Crippen MR) is 142 cm³/mol. The maximum Gasteiger partial charge on any atom is 0.343 e. The van der Waals surface area contributed by atoms with E-state index in [0.717, 1.165) is 5.56 Å². The van der Waals surface area contributed by atoms with Crippen LogP contribution < -0.4 is 10.1 Å². The van der Waals surface area contributed by atoms with E-state index in [1.165, 1.54) is 10.9 Å². The molecule has 0 fully saturated rings. The Morgan fingerprint density at radius 2 is 1.92 bits per heavy atom. The molecule has 10 nitrogen and oxygen atoms in total. The van der Waals surface area contributed by atoms with Crippen molar-refractivity contribution in [3.05, 3.63) is 94.5 Å². The maximum atomic E-state index is 12.9. The van der Waals surface area contributed by atoms with E-state index in [1.807, 2.05) is 6.07 Å². The largest absolute Gasteiger partial charge is 0.470 e. The zero-order chi connectivity index (χ0) is 26.6. The number of amides is 1. The molecule has 5 aromatic rings. The molecule has 3 heterocycles. The lowest BCUT2D eigenvalue weighted by atomic mass is 10.1. The number of halogens is 2. The second-order valence-corrected chi connectivity index (χ2v) is 8.73. The van der Waals surface area contributed by atoms with Crippen molar-refractivity contribution in [3.8, 4) is 17.0 Å². The Bertz CT molecular complexity index is 1650. The first-order chi connectivity index (χ1) is 18.4. The number of nitrogens with one attached hydrogen (secondary N) is 1. The lowest BCUT2D eigenvalue weighted by Gasteiger charge is -2.09. The van der Waals surface area contributed by atoms with E-state index in [2.05, 4.69) is 20.5 Å². The molecule has 0 bridgehead atoms. The smallest absolute Gasteiger partial charge is 0.343 e. The second-order valence-electron chi connectivity index (χ2n) is 7.94. The van der Waals surface area contributed by atoms with Crippen LogP contribution in [0.3, 0.4) is 0 Å². The Hall–Kier alpha value is -4.41. The molecule has 192 valence electrons. The molecule has 0 unspecified atom stereocenters. The van der Waals surface area contributed by atoms with Gasteiger partial charge in [0.1, 0.15) is 16.3 Å². The Balaban J connectivity index is 1.31. The first kappa shape index (κ1) is 25.2. The van der Waals surface area contributed by atoms with Crippen LogP contribution in [0, 0.1) is 0 Å². The van der Waals surface area contributed by atoms with Crippen LogP contribution in [0.5, 0.6) is 5.75 Å². The number of aromatic nitrogens is 5. The predicted octanol–water partition coefficient (Wildman–Crippen LogP) is 5.37. The average molecular weight is 551 g/mol. The molecule has 38 heavy (non-hydrogen) atoms. The van der Waals surface area contributed by atoms with Crippen molar-refractivity contribution < 1.29 is 19.1 Å². The molecule has 0 aliphatic carbocycles. The quantitative estimate of drug-likeness (QED) is 0.258. The third-order valence-corrected chi connectivity index (χ3v) is 6.26. The van der Waals surface area contributed by atoms with Crippen molar-refractivity contribution in [2.45, 2.75) is 13.7 Å². The van der Waals surface area contributed by atoms with Crippen LogP contribution in [0.1, 0.15) is 27.8 Å². The van der Waals surface area contributed by atoms with Crippen LogP contribution in [0.2, 0.25) is 10.0 Å². The summed E-state index contributed by atoms with van der Waals surface area (Å²) in [5, 5.41) is 12.1. The maximum absolute atomic E-state index is 12.9. The number of fused-ring (bicyclic) bond motifs is 1. The molecule has 0 aliphatic heterocycles. The van der Waals surface area contributed by atoms with Gasteiger partial charge in [0.15, 0.2) is 18.1 Å². The summed E-state index contributed by atoms with van der Waals surface area (Å²) in [6, 6.07) is 15.6. The van der Waals surface area contributed by atoms with Gasteiger partial charge in [0, 0.05) is 23.6 Å². The molecule has 0 saturated heterocycles. The Kier molecular flexibility index (Phi) is 7.25. The molecule has 2 aromatic carbocycles. The Labute approximate surface area is 226 Å². The highest BCUT2D eigenvalue weighted by Crippen LogP contribution is 2.31. The number of ether oxygens (including phenoxy) is 2. The lowest BCUT2D eigenvalue weighted by Crippen LogP contribution is -2.14. The van der Waals surface area contributed by atoms with Crippen LogP contribution in [-0.4, -0.2) is 42.9 Å². The third-order valence-electron chi connectivity index (χ3n) is 5.45. The number of carbonyl (C=O) groups is 2. The monoisotopic (exact) mass is 550 g/mol. The molecule has 0 saturated carbocycles. The highest BCUT2D eigenvalue weighted by atomic mass is 35.5. The fourth-order valence-corrected chi connectivity index (χ4v) is 4.05. The van der Waals surface area contributed by atoms with Crippen molar-refractivity contribution in [1.29, 1.82) is 0 Å². The second kappa shape index (κ2) is 10.9. The Morgan fingerprint density at radius 1 is 1.08 bits per heavy atom. The summed E-state index contributed by atoms with van der Waals surface area (Å²) in [5.74, 6) is -0.479. The van der Waals surface area contributed by atoms with E-state index in [9.17, 15) is 9.59 Å². The SMILES string of the molecule is CCOC(=O)c1cnn2c(-c3cccc(NC(=O)c4ccn(COc5cccc(Cl)c5Cl)n4)c3)ccnc12. The van der Waals surface area contributed by atoms with Gasteiger partial charge in [0.2, 0.25) is 0 Å². The zero-order valence-corrected chi connectivity index (χ0v) is 21.5. The summed E-state index contributed by atoms with van der Waals surface area (Å²) in [5.41, 5.74) is 2.84. The van der Waals surface area contributed by atoms with E-state index in [0.29, 0.717) is 32.8 Å². The summed E-state index contributed by atoms with van der Waals surface area (Å²) in [7, 11) is 0. The first-order valence-electron chi connectivity index (χ1n) is 11.5. The van der Waals surface area contributed by atoms with Crippen molar-refractivity contribution in [2.24, 2.45) is 0 Å². The van der Waals surface area contributed by atoms with Crippen LogP contribution >= 0.6 is 23.2 Å². The number of hydrogen-bond acceptors (Lipinski definition) is 7. The van der Waals surface area contributed by atoms with Crippen molar-refractivity contribution in [3.63, 3.8) is 0 Å². The fraction of sp³-hybridized carbons (Fsp3) is 0.115. The van der Waals surface area contributed by atoms with Gasteiger partial charge in [-0.1, -0.05) is 41.4 Å². The van der Waals surface area contributed by atoms with Gasteiger partial charge in [-0.25, -0.2) is 19.0 Å². The van der Waals surface area contributed by atoms with Gasteiger partial charge in [-0.15, -0.1) is 0 Å². The van der Waals surface area contributed by atoms with Gasteiger partial charge >= 0.3 is 5.97 Å². The minimum Gasteiger partial charge on any atom is -0.470 e. The minimum atomic E-state index is -0.492. The van der Waals surface area contributed by atoms with Gasteiger partial charge in [0.25, 0.3) is 5.91 Å². The van der Waals surface area contributed by atoms with Crippen LogP contribution in [0.25, 0.3) is 16.9 Å². The van der Waals surface area contributed by atoms with E-state index < -0.39 is 11.9 Å². The summed E-state index contributed by atoms with van der Waals surface area (Å²) in [6.07, 6.45) is 4.64. The topological polar surface area (TPSA) is 113 Å². The number of nitrogens with zero attached hydrogens (tertiary/aromatic N) is 5. The third kappa shape index (κ3) is 5.17. The molecular formula is C26H20Cl2N6O4. The van der Waals surface area contributed by atoms with Crippen molar-refractivity contribution in [2.75, 3.05) is 11.9 Å². The molecule has 1 amide bonds. The van der Waals surface area contributed by atoms with E-state index in [4.69, 9.17) is 32.7 Å². The molecule has 3 aromatic heterocycles. The molecule has 0 atom stereocenters. The summed E-state index contributed by atoms with van der Waals surface area (Å²) in [6.45, 7) is 2.02. The zero-order valence-electron chi connectivity index (χ0n) is 20.0. The van der Waals surface area contributed by atoms with Gasteiger partial charge in [0.05, 0.1) is 23.5 Å². The number of benzene rings is 2. The summed E-state index contributed by atoms with van der Waals surface area (Å²) < 4.78 is 13.8. The number of anilines is 1. The molecule has 0 spiro atoms. The van der Waals surface area contributed by atoms with Gasteiger partial charge in [-0.3, -0.25) is 4.79 Å². The number of hydrogen-bond donors (Lipinski definition) is 1. The number of carbonyl (C=O) groups excluding carboxylic acids is 2.